The molecule has 0 saturated heterocycles. The summed E-state index contributed by atoms with van der Waals surface area (Å²) in [7, 11) is 0. The van der Waals surface area contributed by atoms with Gasteiger partial charge >= 0.3 is 5.97 Å². The Kier molecular flexibility index (Phi) is 8.90. The minimum absolute atomic E-state index is 0.00996. The Morgan fingerprint density at radius 1 is 1.17 bits per heavy atom. The van der Waals surface area contributed by atoms with Crippen LogP contribution in [0.2, 0.25) is 0 Å². The monoisotopic (exact) mass is 410 g/mol. The molecule has 2 rings (SSSR count). The number of carbonyl (C=O) groups excluding carboxylic acids is 2. The smallest absolute Gasteiger partial charge is 0.341 e. The first-order valence-electron chi connectivity index (χ1n) is 10.9. The van der Waals surface area contributed by atoms with Gasteiger partial charge in [-0.15, -0.1) is 0 Å². The molecule has 0 aliphatic carbocycles. The van der Waals surface area contributed by atoms with E-state index < -0.39 is 5.97 Å². The third-order valence-electron chi connectivity index (χ3n) is 5.24. The van der Waals surface area contributed by atoms with Gasteiger partial charge in [0.2, 0.25) is 0 Å². The predicted octanol–water partition coefficient (Wildman–Crippen LogP) is 5.84. The Bertz CT molecular complexity index is 890. The van der Waals surface area contributed by atoms with Gasteiger partial charge in [0.05, 0.1) is 17.9 Å². The summed E-state index contributed by atoms with van der Waals surface area (Å²) < 4.78 is 5.46. The normalized spacial score (nSPS) is 13.4. The maximum Gasteiger partial charge on any atom is 0.341 e. The van der Waals surface area contributed by atoms with Gasteiger partial charge in [-0.05, 0) is 45.2 Å². The average Bonchev–Trinajstić information content (AvgIpc) is 3.19. The van der Waals surface area contributed by atoms with Gasteiger partial charge < -0.3 is 14.6 Å². The average molecular weight is 411 g/mol. The van der Waals surface area contributed by atoms with Gasteiger partial charge in [-0.2, -0.15) is 0 Å². The quantitative estimate of drug-likeness (QED) is 0.396. The zero-order chi connectivity index (χ0) is 22.1. The zero-order valence-electron chi connectivity index (χ0n) is 18.8. The number of aromatic amines is 1. The fraction of sp³-hybridized carbons (Fsp3) is 0.440. The Hall–Kier alpha value is -2.82. The first-order chi connectivity index (χ1) is 14.5. The number of H-pyrrole nitrogens is 1. The highest BCUT2D eigenvalue weighted by Gasteiger charge is 2.25. The lowest BCUT2D eigenvalue weighted by atomic mass is 10.1. The molecule has 1 aromatic carbocycles. The van der Waals surface area contributed by atoms with Crippen LogP contribution in [0.25, 0.3) is 16.5 Å². The molecule has 1 N–H and O–H groups in total. The van der Waals surface area contributed by atoms with E-state index in [2.05, 4.69) is 18.8 Å². The molecule has 1 unspecified atom stereocenters. The molecular weight excluding hydrogens is 376 g/mol. The van der Waals surface area contributed by atoms with Crippen LogP contribution >= 0.6 is 0 Å². The molecule has 5 nitrogen and oxygen atoms in total. The number of benzene rings is 1. The van der Waals surface area contributed by atoms with Crippen molar-refractivity contribution in [3.8, 4) is 0 Å². The number of nitrogens with one attached hydrogen (secondary N) is 1. The van der Waals surface area contributed by atoms with Gasteiger partial charge in [0.25, 0.3) is 5.91 Å². The van der Waals surface area contributed by atoms with E-state index in [1.165, 1.54) is 0 Å². The highest BCUT2D eigenvalue weighted by molar-refractivity contribution is 6.17. The summed E-state index contributed by atoms with van der Waals surface area (Å²) in [4.78, 5) is 31.2. The van der Waals surface area contributed by atoms with Crippen LogP contribution < -0.4 is 0 Å². The topological polar surface area (TPSA) is 62.4 Å². The lowest BCUT2D eigenvalue weighted by Crippen LogP contribution is -2.37. The van der Waals surface area contributed by atoms with Gasteiger partial charge in [-0.1, -0.05) is 51.5 Å². The third kappa shape index (κ3) is 5.62. The first kappa shape index (κ1) is 23.5. The molecule has 1 aromatic heterocycles. The minimum Gasteiger partial charge on any atom is -0.462 e. The summed E-state index contributed by atoms with van der Waals surface area (Å²) in [6, 6.07) is 9.80. The van der Waals surface area contributed by atoms with E-state index in [1.807, 2.05) is 44.2 Å². The summed E-state index contributed by atoms with van der Waals surface area (Å²) in [5.41, 5.74) is 2.61. The molecule has 0 aliphatic rings. The van der Waals surface area contributed by atoms with Crippen molar-refractivity contribution >= 4 is 28.4 Å². The zero-order valence-corrected chi connectivity index (χ0v) is 18.8. The molecule has 2 aromatic rings. The summed E-state index contributed by atoms with van der Waals surface area (Å²) in [5, 5.41) is 1.00. The molecule has 1 heterocycles. The number of hydrogen-bond donors (Lipinski definition) is 1. The van der Waals surface area contributed by atoms with Crippen LogP contribution in [0.1, 0.15) is 66.0 Å². The van der Waals surface area contributed by atoms with E-state index in [0.29, 0.717) is 23.4 Å². The van der Waals surface area contributed by atoms with Crippen LogP contribution in [0, 0.1) is 0 Å². The number of nitrogens with zero attached hydrogens (tertiary/aromatic N) is 1. The highest BCUT2D eigenvalue weighted by atomic mass is 16.5. The summed E-state index contributed by atoms with van der Waals surface area (Å²) in [6.07, 6.45) is 6.84. The Balaban J connectivity index is 2.60. The molecule has 0 bridgehead atoms. The fourth-order valence-corrected chi connectivity index (χ4v) is 3.39. The molecule has 0 radical (unpaired) electrons. The first-order valence-corrected chi connectivity index (χ1v) is 10.9. The van der Waals surface area contributed by atoms with Crippen molar-refractivity contribution < 1.29 is 14.3 Å². The predicted molar refractivity (Wildman–Crippen MR) is 123 cm³/mol. The molecular formula is C25H34N2O3. The van der Waals surface area contributed by atoms with Crippen molar-refractivity contribution in [1.82, 2.24) is 9.88 Å². The number of hydrogen-bond acceptors (Lipinski definition) is 3. The highest BCUT2D eigenvalue weighted by Crippen LogP contribution is 2.25. The van der Waals surface area contributed by atoms with Crippen LogP contribution in [-0.4, -0.2) is 34.4 Å². The summed E-state index contributed by atoms with van der Waals surface area (Å²) in [5.74, 6) is -0.514. The maximum atomic E-state index is 13.2. The lowest BCUT2D eigenvalue weighted by Gasteiger charge is -2.29. The number of rotatable bonds is 10. The molecule has 0 saturated carbocycles. The van der Waals surface area contributed by atoms with Gasteiger partial charge in [-0.25, -0.2) is 4.79 Å². The Labute approximate surface area is 179 Å². The third-order valence-corrected chi connectivity index (χ3v) is 5.24. The molecule has 30 heavy (non-hydrogen) atoms. The second-order valence-electron chi connectivity index (χ2n) is 7.48. The van der Waals surface area contributed by atoms with Crippen molar-refractivity contribution in [1.29, 1.82) is 0 Å². The fourth-order valence-electron chi connectivity index (χ4n) is 3.39. The van der Waals surface area contributed by atoms with Crippen LogP contribution in [0.3, 0.4) is 0 Å². The molecule has 5 heteroatoms. The SMILES string of the molecule is C/C=C(\C)C(=O)N(/C=C(/C(=O)OCCC)c1cc2ccccc2[nH]1)C(CC)CCC. The number of aromatic nitrogens is 1. The maximum absolute atomic E-state index is 13.2. The molecule has 162 valence electrons. The number of para-hydroxylation sites is 1. The van der Waals surface area contributed by atoms with Crippen LogP contribution in [-0.2, 0) is 14.3 Å². The largest absolute Gasteiger partial charge is 0.462 e. The van der Waals surface area contributed by atoms with Gasteiger partial charge in [0.15, 0.2) is 0 Å². The number of allylic oxidation sites excluding steroid dienone is 1. The van der Waals surface area contributed by atoms with Crippen molar-refractivity contribution in [3.63, 3.8) is 0 Å². The van der Waals surface area contributed by atoms with E-state index in [0.717, 1.165) is 36.6 Å². The lowest BCUT2D eigenvalue weighted by molar-refractivity contribution is -0.136. The summed E-state index contributed by atoms with van der Waals surface area (Å²) >= 11 is 0. The van der Waals surface area contributed by atoms with Crippen molar-refractivity contribution in [2.75, 3.05) is 6.61 Å². The molecule has 0 spiro atoms. The summed E-state index contributed by atoms with van der Waals surface area (Å²) in [6.45, 7) is 10.1. The van der Waals surface area contributed by atoms with Gasteiger partial charge in [0.1, 0.15) is 0 Å². The molecule has 0 fully saturated rings. The van der Waals surface area contributed by atoms with Crippen molar-refractivity contribution in [2.45, 2.75) is 66.3 Å². The van der Waals surface area contributed by atoms with Crippen LogP contribution in [0.4, 0.5) is 0 Å². The van der Waals surface area contributed by atoms with E-state index in [-0.39, 0.29) is 11.9 Å². The van der Waals surface area contributed by atoms with Crippen LogP contribution in [0.15, 0.2) is 48.2 Å². The number of esters is 1. The number of carbonyl (C=O) groups is 2. The molecule has 1 atom stereocenters. The van der Waals surface area contributed by atoms with Gasteiger partial charge in [0, 0.05) is 28.7 Å². The van der Waals surface area contributed by atoms with Crippen LogP contribution in [0.5, 0.6) is 0 Å². The number of amides is 1. The minimum atomic E-state index is -0.425. The molecule has 1 amide bonds. The Morgan fingerprint density at radius 3 is 2.50 bits per heavy atom. The van der Waals surface area contributed by atoms with Crippen molar-refractivity contribution in [2.24, 2.45) is 0 Å². The number of fused-ring (bicyclic) bond motifs is 1. The second kappa shape index (κ2) is 11.4. The number of ether oxygens (including phenoxy) is 1. The standard InChI is InChI=1S/C25H34N2O3/c1-6-12-20(9-4)27(24(28)18(5)8-3)17-21(25(29)30-15-7-2)23-16-19-13-10-11-14-22(19)26-23/h8,10-11,13-14,16-17,20,26H,6-7,9,12,15H2,1-5H3/b18-8+,21-17+. The van der Waals surface area contributed by atoms with Gasteiger partial charge in [-0.3, -0.25) is 4.79 Å². The second-order valence-corrected chi connectivity index (χ2v) is 7.48. The van der Waals surface area contributed by atoms with E-state index in [9.17, 15) is 9.59 Å². The van der Waals surface area contributed by atoms with E-state index in [1.54, 1.807) is 24.1 Å². The molecule has 0 aliphatic heterocycles. The van der Waals surface area contributed by atoms with Crippen molar-refractivity contribution in [3.05, 3.63) is 53.9 Å². The van der Waals surface area contributed by atoms with E-state index >= 15 is 0 Å². The van der Waals surface area contributed by atoms with E-state index in [4.69, 9.17) is 4.74 Å². The Morgan fingerprint density at radius 2 is 1.90 bits per heavy atom.